The summed E-state index contributed by atoms with van der Waals surface area (Å²) in [7, 11) is 0. The predicted molar refractivity (Wildman–Crippen MR) is 83.6 cm³/mol. The third-order valence-electron chi connectivity index (χ3n) is 3.74. The first kappa shape index (κ1) is 17.7. The second-order valence-electron chi connectivity index (χ2n) is 5.63. The van der Waals surface area contributed by atoms with Gasteiger partial charge in [-0.2, -0.15) is 0 Å². The van der Waals surface area contributed by atoms with Crippen molar-refractivity contribution in [2.75, 3.05) is 13.1 Å². The number of benzene rings is 1. The van der Waals surface area contributed by atoms with Crippen LogP contribution in [0.2, 0.25) is 0 Å². The number of nitrogens with zero attached hydrogens (tertiary/aromatic N) is 1. The SMILES string of the molecule is O=C(O)CCCNC(=O)NC1CCN(Cc2ccc(F)cc2)C1=O. The van der Waals surface area contributed by atoms with Crippen molar-refractivity contribution in [3.63, 3.8) is 0 Å². The number of hydrogen-bond acceptors (Lipinski definition) is 3. The lowest BCUT2D eigenvalue weighted by molar-refractivity contribution is -0.137. The van der Waals surface area contributed by atoms with Crippen LogP contribution in [-0.4, -0.2) is 47.0 Å². The van der Waals surface area contributed by atoms with Crippen LogP contribution in [-0.2, 0) is 16.1 Å². The van der Waals surface area contributed by atoms with E-state index in [0.717, 1.165) is 5.56 Å². The van der Waals surface area contributed by atoms with Gasteiger partial charge in [0.15, 0.2) is 0 Å². The van der Waals surface area contributed by atoms with E-state index in [-0.39, 0.29) is 24.7 Å². The highest BCUT2D eigenvalue weighted by molar-refractivity contribution is 5.88. The molecule has 0 radical (unpaired) electrons. The third kappa shape index (κ3) is 5.22. The second kappa shape index (κ2) is 8.28. The standard InChI is InChI=1S/C16H20FN3O4/c17-12-5-3-11(4-6-12)10-20-9-7-13(15(20)23)19-16(24)18-8-1-2-14(21)22/h3-6,13H,1-2,7-10H2,(H,21,22)(H2,18,19,24). The van der Waals surface area contributed by atoms with E-state index in [2.05, 4.69) is 10.6 Å². The van der Waals surface area contributed by atoms with Crippen molar-refractivity contribution >= 4 is 17.9 Å². The number of rotatable bonds is 7. The van der Waals surface area contributed by atoms with Crippen molar-refractivity contribution in [1.82, 2.24) is 15.5 Å². The number of aliphatic carboxylic acids is 1. The Morgan fingerprint density at radius 3 is 2.67 bits per heavy atom. The molecular weight excluding hydrogens is 317 g/mol. The number of carboxylic acid groups (broad SMARTS) is 1. The van der Waals surface area contributed by atoms with Crippen molar-refractivity contribution < 1.29 is 23.9 Å². The topological polar surface area (TPSA) is 98.7 Å². The minimum Gasteiger partial charge on any atom is -0.481 e. The number of carbonyl (C=O) groups is 3. The van der Waals surface area contributed by atoms with E-state index in [0.29, 0.717) is 25.9 Å². The molecule has 0 spiro atoms. The Morgan fingerprint density at radius 1 is 1.29 bits per heavy atom. The fourth-order valence-electron chi connectivity index (χ4n) is 2.49. The van der Waals surface area contributed by atoms with Gasteiger partial charge in [-0.3, -0.25) is 9.59 Å². The Labute approximate surface area is 138 Å². The van der Waals surface area contributed by atoms with Crippen LogP contribution in [0.5, 0.6) is 0 Å². The molecule has 1 heterocycles. The number of nitrogens with one attached hydrogen (secondary N) is 2. The molecule has 1 aliphatic heterocycles. The molecule has 0 aromatic heterocycles. The molecule has 0 bridgehead atoms. The van der Waals surface area contributed by atoms with Gasteiger partial charge < -0.3 is 20.6 Å². The van der Waals surface area contributed by atoms with Crippen molar-refractivity contribution in [3.05, 3.63) is 35.6 Å². The first-order valence-electron chi connectivity index (χ1n) is 7.75. The molecule has 3 amide bonds. The molecule has 2 rings (SSSR count). The van der Waals surface area contributed by atoms with Crippen LogP contribution in [0, 0.1) is 5.82 Å². The third-order valence-corrected chi connectivity index (χ3v) is 3.74. The van der Waals surface area contributed by atoms with E-state index < -0.39 is 18.0 Å². The zero-order chi connectivity index (χ0) is 17.5. The summed E-state index contributed by atoms with van der Waals surface area (Å²) >= 11 is 0. The van der Waals surface area contributed by atoms with E-state index in [4.69, 9.17) is 5.11 Å². The molecule has 7 nitrogen and oxygen atoms in total. The Bertz CT molecular complexity index is 606. The first-order chi connectivity index (χ1) is 11.5. The van der Waals surface area contributed by atoms with Gasteiger partial charge in [-0.25, -0.2) is 9.18 Å². The van der Waals surface area contributed by atoms with Crippen LogP contribution in [0.15, 0.2) is 24.3 Å². The summed E-state index contributed by atoms with van der Waals surface area (Å²) in [6.07, 6.45) is 0.814. The molecule has 0 aliphatic carbocycles. The number of amides is 3. The number of likely N-dealkylation sites (tertiary alicyclic amines) is 1. The van der Waals surface area contributed by atoms with Crippen LogP contribution in [0.3, 0.4) is 0 Å². The molecule has 1 aliphatic rings. The van der Waals surface area contributed by atoms with Crippen molar-refractivity contribution in [2.24, 2.45) is 0 Å². The summed E-state index contributed by atoms with van der Waals surface area (Å²) in [4.78, 5) is 36.0. The first-order valence-corrected chi connectivity index (χ1v) is 7.75. The molecule has 8 heteroatoms. The molecule has 130 valence electrons. The average molecular weight is 337 g/mol. The van der Waals surface area contributed by atoms with Crippen LogP contribution in [0.4, 0.5) is 9.18 Å². The van der Waals surface area contributed by atoms with Gasteiger partial charge in [-0.05, 0) is 30.5 Å². The Balaban J connectivity index is 1.75. The summed E-state index contributed by atoms with van der Waals surface area (Å²) in [5.41, 5.74) is 0.823. The van der Waals surface area contributed by atoms with Crippen LogP contribution < -0.4 is 10.6 Å². The van der Waals surface area contributed by atoms with Crippen LogP contribution in [0.1, 0.15) is 24.8 Å². The summed E-state index contributed by atoms with van der Waals surface area (Å²) in [6, 6.07) is 4.86. The number of carboxylic acids is 1. The van der Waals surface area contributed by atoms with Crippen molar-refractivity contribution in [3.8, 4) is 0 Å². The molecule has 1 atom stereocenters. The lowest BCUT2D eigenvalue weighted by atomic mass is 10.2. The van der Waals surface area contributed by atoms with Gasteiger partial charge in [0.1, 0.15) is 11.9 Å². The van der Waals surface area contributed by atoms with E-state index in [1.165, 1.54) is 12.1 Å². The minimum absolute atomic E-state index is 0.0198. The fraction of sp³-hybridized carbons (Fsp3) is 0.438. The number of urea groups is 1. The molecule has 1 aromatic rings. The monoisotopic (exact) mass is 337 g/mol. The van der Waals surface area contributed by atoms with Gasteiger partial charge in [0.2, 0.25) is 5.91 Å². The zero-order valence-corrected chi connectivity index (χ0v) is 13.1. The molecule has 0 saturated carbocycles. The summed E-state index contributed by atoms with van der Waals surface area (Å²) in [5.74, 6) is -1.43. The van der Waals surface area contributed by atoms with Crippen LogP contribution in [0.25, 0.3) is 0 Å². The Morgan fingerprint density at radius 2 is 2.00 bits per heavy atom. The van der Waals surface area contributed by atoms with Gasteiger partial charge in [-0.15, -0.1) is 0 Å². The number of hydrogen-bond donors (Lipinski definition) is 3. The minimum atomic E-state index is -0.917. The van der Waals surface area contributed by atoms with Crippen molar-refractivity contribution in [1.29, 1.82) is 0 Å². The normalized spacial score (nSPS) is 17.0. The zero-order valence-electron chi connectivity index (χ0n) is 13.1. The van der Waals surface area contributed by atoms with Gasteiger partial charge in [-0.1, -0.05) is 12.1 Å². The van der Waals surface area contributed by atoms with Crippen LogP contribution >= 0.6 is 0 Å². The van der Waals surface area contributed by atoms with E-state index in [1.54, 1.807) is 17.0 Å². The van der Waals surface area contributed by atoms with E-state index in [1.807, 2.05) is 0 Å². The molecule has 24 heavy (non-hydrogen) atoms. The largest absolute Gasteiger partial charge is 0.481 e. The quantitative estimate of drug-likeness (QED) is 0.649. The highest BCUT2D eigenvalue weighted by atomic mass is 19.1. The maximum absolute atomic E-state index is 12.9. The summed E-state index contributed by atoms with van der Waals surface area (Å²) < 4.78 is 12.9. The Hall–Kier alpha value is -2.64. The van der Waals surface area contributed by atoms with Crippen molar-refractivity contribution in [2.45, 2.75) is 31.8 Å². The molecule has 1 fully saturated rings. The van der Waals surface area contributed by atoms with E-state index >= 15 is 0 Å². The maximum atomic E-state index is 12.9. The smallest absolute Gasteiger partial charge is 0.315 e. The lowest BCUT2D eigenvalue weighted by Gasteiger charge is -2.17. The second-order valence-corrected chi connectivity index (χ2v) is 5.63. The molecular formula is C16H20FN3O4. The lowest BCUT2D eigenvalue weighted by Crippen LogP contribution is -2.46. The number of halogens is 1. The fourth-order valence-corrected chi connectivity index (χ4v) is 2.49. The predicted octanol–water partition coefficient (Wildman–Crippen LogP) is 1.09. The average Bonchev–Trinajstić information content (AvgIpc) is 2.87. The molecule has 1 saturated heterocycles. The molecule has 3 N–H and O–H groups in total. The highest BCUT2D eigenvalue weighted by Gasteiger charge is 2.32. The Kier molecular flexibility index (Phi) is 6.11. The van der Waals surface area contributed by atoms with Gasteiger partial charge in [0.25, 0.3) is 0 Å². The highest BCUT2D eigenvalue weighted by Crippen LogP contribution is 2.15. The molecule has 1 unspecified atom stereocenters. The summed E-state index contributed by atoms with van der Waals surface area (Å²) in [6.45, 7) is 1.12. The summed E-state index contributed by atoms with van der Waals surface area (Å²) in [5, 5.41) is 13.6. The maximum Gasteiger partial charge on any atom is 0.315 e. The van der Waals surface area contributed by atoms with E-state index in [9.17, 15) is 18.8 Å². The van der Waals surface area contributed by atoms with Gasteiger partial charge in [0.05, 0.1) is 0 Å². The number of carbonyl (C=O) groups excluding carboxylic acids is 2. The van der Waals surface area contributed by atoms with Gasteiger partial charge in [0, 0.05) is 26.1 Å². The van der Waals surface area contributed by atoms with Gasteiger partial charge >= 0.3 is 12.0 Å². The molecule has 1 aromatic carbocycles.